The third kappa shape index (κ3) is 6.20. The molecule has 1 rings (SSSR count). The Balaban J connectivity index is 2.49. The number of halogens is 4. The largest absolute Gasteiger partial charge is 0.417 e. The summed E-state index contributed by atoms with van der Waals surface area (Å²) in [5.41, 5.74) is -0.960. The zero-order valence-corrected chi connectivity index (χ0v) is 12.3. The van der Waals surface area contributed by atoms with Gasteiger partial charge in [0, 0.05) is 12.7 Å². The second-order valence-corrected chi connectivity index (χ2v) is 4.90. The van der Waals surface area contributed by atoms with Crippen LogP contribution in [0.15, 0.2) is 12.3 Å². The number of amides is 2. The summed E-state index contributed by atoms with van der Waals surface area (Å²) in [5.74, 6) is -0.101. The van der Waals surface area contributed by atoms with E-state index in [0.29, 0.717) is 12.7 Å². The predicted molar refractivity (Wildman–Crippen MR) is 75.4 cm³/mol. The van der Waals surface area contributed by atoms with Crippen molar-refractivity contribution < 1.29 is 18.0 Å². The highest BCUT2D eigenvalue weighted by atomic mass is 35.5. The van der Waals surface area contributed by atoms with Gasteiger partial charge < -0.3 is 5.32 Å². The van der Waals surface area contributed by atoms with Gasteiger partial charge in [-0.3, -0.25) is 5.32 Å². The number of nitrogens with zero attached hydrogens (tertiary/aromatic N) is 1. The quantitative estimate of drug-likeness (QED) is 0.760. The number of hydrogen-bond donors (Lipinski definition) is 2. The maximum absolute atomic E-state index is 12.4. The number of alkyl halides is 3. The second kappa shape index (κ2) is 8.07. The highest BCUT2D eigenvalue weighted by Gasteiger charge is 2.31. The van der Waals surface area contributed by atoms with Gasteiger partial charge in [0.2, 0.25) is 0 Å². The van der Waals surface area contributed by atoms with E-state index < -0.39 is 17.8 Å². The van der Waals surface area contributed by atoms with Crippen molar-refractivity contribution in [2.75, 3.05) is 11.9 Å². The summed E-state index contributed by atoms with van der Waals surface area (Å²) in [7, 11) is 0. The molecule has 0 spiro atoms. The van der Waals surface area contributed by atoms with Crippen LogP contribution in [0.1, 0.15) is 38.2 Å². The van der Waals surface area contributed by atoms with Crippen molar-refractivity contribution in [3.8, 4) is 0 Å². The van der Waals surface area contributed by atoms with Gasteiger partial charge in [0.05, 0.1) is 10.6 Å². The van der Waals surface area contributed by atoms with Gasteiger partial charge in [-0.2, -0.15) is 13.2 Å². The average molecular weight is 324 g/mol. The highest BCUT2D eigenvalue weighted by Crippen LogP contribution is 2.32. The summed E-state index contributed by atoms with van der Waals surface area (Å²) in [5, 5.41) is 4.65. The van der Waals surface area contributed by atoms with Crippen LogP contribution < -0.4 is 10.6 Å². The third-order valence-corrected chi connectivity index (χ3v) is 3.00. The van der Waals surface area contributed by atoms with Gasteiger partial charge in [0.1, 0.15) is 0 Å². The normalized spacial score (nSPS) is 11.3. The Bertz CT molecular complexity index is 480. The first kappa shape index (κ1) is 17.6. The molecule has 0 aliphatic heterocycles. The van der Waals surface area contributed by atoms with E-state index in [2.05, 4.69) is 22.5 Å². The Morgan fingerprint density at radius 2 is 2.05 bits per heavy atom. The number of pyridine rings is 1. The molecule has 0 aromatic carbocycles. The van der Waals surface area contributed by atoms with Gasteiger partial charge in [-0.15, -0.1) is 0 Å². The van der Waals surface area contributed by atoms with Crippen LogP contribution in [-0.4, -0.2) is 17.6 Å². The van der Waals surface area contributed by atoms with E-state index in [0.717, 1.165) is 31.7 Å². The molecule has 8 heteroatoms. The van der Waals surface area contributed by atoms with Crippen molar-refractivity contribution >= 4 is 23.4 Å². The topological polar surface area (TPSA) is 54.0 Å². The molecule has 21 heavy (non-hydrogen) atoms. The van der Waals surface area contributed by atoms with Crippen molar-refractivity contribution in [1.82, 2.24) is 10.3 Å². The molecule has 0 atom stereocenters. The first-order valence-electron chi connectivity index (χ1n) is 6.62. The van der Waals surface area contributed by atoms with Gasteiger partial charge in [0.15, 0.2) is 5.82 Å². The molecular weight excluding hydrogens is 307 g/mol. The van der Waals surface area contributed by atoms with Crippen LogP contribution in [0.5, 0.6) is 0 Å². The lowest BCUT2D eigenvalue weighted by Gasteiger charge is -2.10. The molecule has 1 aromatic rings. The Hall–Kier alpha value is -1.50. The molecule has 1 aromatic heterocycles. The fourth-order valence-electron chi connectivity index (χ4n) is 1.59. The zero-order valence-electron chi connectivity index (χ0n) is 11.6. The molecule has 0 saturated carbocycles. The molecule has 0 unspecified atom stereocenters. The first-order chi connectivity index (χ1) is 9.84. The van der Waals surface area contributed by atoms with Crippen molar-refractivity contribution in [1.29, 1.82) is 0 Å². The van der Waals surface area contributed by atoms with E-state index in [-0.39, 0.29) is 10.8 Å². The van der Waals surface area contributed by atoms with Crippen molar-refractivity contribution in [3.63, 3.8) is 0 Å². The molecule has 0 bridgehead atoms. The van der Waals surface area contributed by atoms with Crippen LogP contribution in [0, 0.1) is 0 Å². The number of aromatic nitrogens is 1. The number of urea groups is 1. The van der Waals surface area contributed by atoms with Crippen LogP contribution in [0.25, 0.3) is 0 Å². The minimum atomic E-state index is -4.52. The highest BCUT2D eigenvalue weighted by molar-refractivity contribution is 6.33. The maximum Gasteiger partial charge on any atom is 0.417 e. The molecule has 4 nitrogen and oxygen atoms in total. The summed E-state index contributed by atoms with van der Waals surface area (Å²) >= 11 is 5.68. The number of unbranched alkanes of at least 4 members (excludes halogenated alkanes) is 3. The summed E-state index contributed by atoms with van der Waals surface area (Å²) in [4.78, 5) is 15.1. The molecule has 0 saturated heterocycles. The van der Waals surface area contributed by atoms with Crippen LogP contribution in [-0.2, 0) is 6.18 Å². The van der Waals surface area contributed by atoms with E-state index in [1.165, 1.54) is 0 Å². The van der Waals surface area contributed by atoms with Crippen molar-refractivity contribution in [2.24, 2.45) is 0 Å². The lowest BCUT2D eigenvalue weighted by atomic mass is 10.2. The van der Waals surface area contributed by atoms with Gasteiger partial charge in [0.25, 0.3) is 0 Å². The van der Waals surface area contributed by atoms with E-state index >= 15 is 0 Å². The Morgan fingerprint density at radius 3 is 2.62 bits per heavy atom. The van der Waals surface area contributed by atoms with Crippen LogP contribution in [0.4, 0.5) is 23.8 Å². The van der Waals surface area contributed by atoms with Crippen LogP contribution in [0.2, 0.25) is 5.02 Å². The maximum atomic E-state index is 12.4. The Labute approximate surface area is 126 Å². The minimum absolute atomic E-state index is 0.101. The van der Waals surface area contributed by atoms with E-state index in [9.17, 15) is 18.0 Å². The molecular formula is C13H17ClF3N3O. The van der Waals surface area contributed by atoms with Gasteiger partial charge >= 0.3 is 12.2 Å². The van der Waals surface area contributed by atoms with Gasteiger partial charge in [-0.1, -0.05) is 37.8 Å². The summed E-state index contributed by atoms with van der Waals surface area (Å²) in [6.07, 6.45) is 0.151. The fraction of sp³-hybridized carbons (Fsp3) is 0.538. The molecule has 1 heterocycles. The second-order valence-electron chi connectivity index (χ2n) is 4.49. The standard InChI is InChI=1S/C13H17ClF3N3O/c1-2-3-4-5-6-18-12(21)20-11-10(14)7-9(8-19-11)13(15,16)17/h7-8H,2-6H2,1H3,(H2,18,19,20,21). The monoisotopic (exact) mass is 323 g/mol. The number of rotatable bonds is 6. The molecule has 118 valence electrons. The molecule has 2 N–H and O–H groups in total. The number of anilines is 1. The fourth-order valence-corrected chi connectivity index (χ4v) is 1.80. The Kier molecular flexibility index (Phi) is 6.74. The molecule has 0 aliphatic carbocycles. The number of carbonyl (C=O) groups excluding carboxylic acids is 1. The first-order valence-corrected chi connectivity index (χ1v) is 7.00. The molecule has 2 amide bonds. The SMILES string of the molecule is CCCCCCNC(=O)Nc1ncc(C(F)(F)F)cc1Cl. The lowest BCUT2D eigenvalue weighted by molar-refractivity contribution is -0.137. The Morgan fingerprint density at radius 1 is 1.33 bits per heavy atom. The lowest BCUT2D eigenvalue weighted by Crippen LogP contribution is -2.30. The summed E-state index contributed by atoms with van der Waals surface area (Å²) < 4.78 is 37.3. The summed E-state index contributed by atoms with van der Waals surface area (Å²) in [6.45, 7) is 2.57. The van der Waals surface area contributed by atoms with Gasteiger partial charge in [-0.25, -0.2) is 9.78 Å². The minimum Gasteiger partial charge on any atom is -0.338 e. The van der Waals surface area contributed by atoms with Crippen molar-refractivity contribution in [2.45, 2.75) is 38.8 Å². The number of carbonyl (C=O) groups is 1. The van der Waals surface area contributed by atoms with E-state index in [1.54, 1.807) is 0 Å². The van der Waals surface area contributed by atoms with E-state index in [4.69, 9.17) is 11.6 Å². The van der Waals surface area contributed by atoms with Crippen LogP contribution >= 0.6 is 11.6 Å². The molecule has 0 fully saturated rings. The zero-order chi connectivity index (χ0) is 15.9. The van der Waals surface area contributed by atoms with Crippen molar-refractivity contribution in [3.05, 3.63) is 22.8 Å². The smallest absolute Gasteiger partial charge is 0.338 e. The number of nitrogens with one attached hydrogen (secondary N) is 2. The third-order valence-electron chi connectivity index (χ3n) is 2.72. The average Bonchev–Trinajstić information content (AvgIpc) is 2.39. The molecule has 0 aliphatic rings. The molecule has 0 radical (unpaired) electrons. The predicted octanol–water partition coefficient (Wildman–Crippen LogP) is 4.46. The van der Waals surface area contributed by atoms with E-state index in [1.807, 2.05) is 0 Å². The van der Waals surface area contributed by atoms with Gasteiger partial charge in [-0.05, 0) is 12.5 Å². The number of hydrogen-bond acceptors (Lipinski definition) is 2. The van der Waals surface area contributed by atoms with Crippen LogP contribution in [0.3, 0.4) is 0 Å². The summed E-state index contributed by atoms with van der Waals surface area (Å²) in [6, 6.07) is 0.187.